The molecule has 9 nitrogen and oxygen atoms in total. The van der Waals surface area contributed by atoms with Gasteiger partial charge in [-0.1, -0.05) is 51.1 Å². The molecular weight excluding hydrogens is 446 g/mol. The Bertz CT molecular complexity index is 1040. The zero-order valence-corrected chi connectivity index (χ0v) is 21.3. The van der Waals surface area contributed by atoms with Gasteiger partial charge in [-0.25, -0.2) is 4.79 Å². The Labute approximate surface area is 207 Å². The number of hydrogen-bond acceptors (Lipinski definition) is 6. The quantitative estimate of drug-likeness (QED) is 0.494. The minimum absolute atomic E-state index is 0.211. The van der Waals surface area contributed by atoms with Crippen molar-refractivity contribution in [2.75, 3.05) is 19.7 Å². The van der Waals surface area contributed by atoms with E-state index in [1.807, 2.05) is 51.1 Å². The molecule has 3 rings (SSSR count). The van der Waals surface area contributed by atoms with Gasteiger partial charge in [-0.3, -0.25) is 14.3 Å². The van der Waals surface area contributed by atoms with Crippen LogP contribution in [0.4, 0.5) is 0 Å². The van der Waals surface area contributed by atoms with E-state index in [4.69, 9.17) is 4.74 Å². The van der Waals surface area contributed by atoms with Crippen LogP contribution in [0.15, 0.2) is 36.4 Å². The predicted molar refractivity (Wildman–Crippen MR) is 133 cm³/mol. The van der Waals surface area contributed by atoms with Crippen LogP contribution in [-0.2, 0) is 33.2 Å². The molecule has 0 saturated carbocycles. The molecule has 1 unspecified atom stereocenters. The summed E-state index contributed by atoms with van der Waals surface area (Å²) in [7, 11) is 1.72. The van der Waals surface area contributed by atoms with Gasteiger partial charge in [0.1, 0.15) is 17.3 Å². The third-order valence-corrected chi connectivity index (χ3v) is 6.28. The molecule has 0 radical (unpaired) electrons. The van der Waals surface area contributed by atoms with E-state index in [0.717, 1.165) is 11.3 Å². The van der Waals surface area contributed by atoms with E-state index in [1.165, 1.54) is 0 Å². The molecule has 1 saturated heterocycles. The summed E-state index contributed by atoms with van der Waals surface area (Å²) in [6, 6.07) is 10.4. The predicted octanol–water partition coefficient (Wildman–Crippen LogP) is 1.86. The summed E-state index contributed by atoms with van der Waals surface area (Å²) in [4.78, 5) is 39.7. The SMILES string of the molecule is CCOC(=O)C(Cc1ccccc1)NC(=O)C1(NC(=O)c2cc(C(C)(C)C)nn2C)CCNCC1. The van der Waals surface area contributed by atoms with Crippen molar-refractivity contribution < 1.29 is 19.1 Å². The number of nitrogens with zero attached hydrogens (tertiary/aromatic N) is 2. The minimum atomic E-state index is -1.16. The van der Waals surface area contributed by atoms with Crippen LogP contribution in [-0.4, -0.2) is 58.8 Å². The first-order chi connectivity index (χ1) is 16.6. The first-order valence-electron chi connectivity index (χ1n) is 12.1. The zero-order chi connectivity index (χ0) is 25.6. The number of aromatic nitrogens is 2. The van der Waals surface area contributed by atoms with Crippen LogP contribution >= 0.6 is 0 Å². The molecule has 1 aliphatic rings. The number of hydrogen-bond donors (Lipinski definition) is 3. The number of nitrogens with one attached hydrogen (secondary N) is 3. The van der Waals surface area contributed by atoms with Crippen molar-refractivity contribution in [3.8, 4) is 0 Å². The average molecular weight is 484 g/mol. The van der Waals surface area contributed by atoms with Crippen molar-refractivity contribution in [2.45, 2.75) is 64.0 Å². The van der Waals surface area contributed by atoms with E-state index < -0.39 is 17.6 Å². The number of benzene rings is 1. The van der Waals surface area contributed by atoms with Gasteiger partial charge in [-0.05, 0) is 44.5 Å². The summed E-state index contributed by atoms with van der Waals surface area (Å²) in [6.45, 7) is 9.16. The Morgan fingerprint density at radius 2 is 1.83 bits per heavy atom. The lowest BCUT2D eigenvalue weighted by molar-refractivity contribution is -0.148. The summed E-state index contributed by atoms with van der Waals surface area (Å²) < 4.78 is 6.77. The summed E-state index contributed by atoms with van der Waals surface area (Å²) in [6.07, 6.45) is 1.09. The van der Waals surface area contributed by atoms with E-state index in [-0.39, 0.29) is 23.8 Å². The number of carbonyl (C=O) groups is 3. The van der Waals surface area contributed by atoms with Crippen molar-refractivity contribution >= 4 is 17.8 Å². The molecule has 1 aliphatic heterocycles. The number of esters is 1. The van der Waals surface area contributed by atoms with E-state index in [9.17, 15) is 14.4 Å². The van der Waals surface area contributed by atoms with Crippen LogP contribution in [0.25, 0.3) is 0 Å². The lowest BCUT2D eigenvalue weighted by Crippen LogP contribution is -2.65. The highest BCUT2D eigenvalue weighted by Gasteiger charge is 2.43. The van der Waals surface area contributed by atoms with Gasteiger partial charge >= 0.3 is 5.97 Å². The van der Waals surface area contributed by atoms with E-state index in [0.29, 0.717) is 38.0 Å². The number of ether oxygens (including phenoxy) is 1. The second-order valence-electron chi connectivity index (χ2n) is 10.0. The summed E-state index contributed by atoms with van der Waals surface area (Å²) in [5.74, 6) is -1.26. The number of carbonyl (C=O) groups excluding carboxylic acids is 3. The van der Waals surface area contributed by atoms with Gasteiger partial charge in [-0.15, -0.1) is 0 Å². The molecule has 1 atom stereocenters. The highest BCUT2D eigenvalue weighted by molar-refractivity contribution is 5.99. The summed E-state index contributed by atoms with van der Waals surface area (Å²) >= 11 is 0. The molecule has 3 N–H and O–H groups in total. The molecule has 35 heavy (non-hydrogen) atoms. The fourth-order valence-corrected chi connectivity index (χ4v) is 4.17. The molecule has 0 aliphatic carbocycles. The van der Waals surface area contributed by atoms with Crippen LogP contribution < -0.4 is 16.0 Å². The van der Waals surface area contributed by atoms with Gasteiger partial charge in [0.15, 0.2) is 0 Å². The lowest BCUT2D eigenvalue weighted by atomic mass is 9.86. The van der Waals surface area contributed by atoms with Gasteiger partial charge in [0, 0.05) is 18.9 Å². The maximum Gasteiger partial charge on any atom is 0.328 e. The van der Waals surface area contributed by atoms with Gasteiger partial charge in [0.2, 0.25) is 5.91 Å². The monoisotopic (exact) mass is 483 g/mol. The second kappa shape index (κ2) is 11.0. The third-order valence-electron chi connectivity index (χ3n) is 6.28. The van der Waals surface area contributed by atoms with Crippen LogP contribution in [0.1, 0.15) is 62.3 Å². The van der Waals surface area contributed by atoms with Crippen molar-refractivity contribution in [2.24, 2.45) is 7.05 Å². The summed E-state index contributed by atoms with van der Waals surface area (Å²) in [5, 5.41) is 13.6. The highest BCUT2D eigenvalue weighted by Crippen LogP contribution is 2.24. The Hall–Kier alpha value is -3.20. The molecule has 190 valence electrons. The van der Waals surface area contributed by atoms with Crippen LogP contribution in [0, 0.1) is 0 Å². The van der Waals surface area contributed by atoms with Crippen LogP contribution in [0.3, 0.4) is 0 Å². The largest absolute Gasteiger partial charge is 0.464 e. The Morgan fingerprint density at radius 1 is 1.17 bits per heavy atom. The molecule has 1 aromatic carbocycles. The molecule has 1 aromatic heterocycles. The Kier molecular flexibility index (Phi) is 8.32. The maximum absolute atomic E-state index is 13.7. The molecule has 0 spiro atoms. The van der Waals surface area contributed by atoms with E-state index >= 15 is 0 Å². The number of rotatable bonds is 8. The zero-order valence-electron chi connectivity index (χ0n) is 21.3. The first-order valence-corrected chi connectivity index (χ1v) is 12.1. The van der Waals surface area contributed by atoms with Gasteiger partial charge in [-0.2, -0.15) is 5.10 Å². The van der Waals surface area contributed by atoms with Gasteiger partial charge in [0.05, 0.1) is 12.3 Å². The molecule has 2 amide bonds. The topological polar surface area (TPSA) is 114 Å². The van der Waals surface area contributed by atoms with Crippen molar-refractivity contribution in [1.29, 1.82) is 0 Å². The second-order valence-corrected chi connectivity index (χ2v) is 10.0. The summed E-state index contributed by atoms with van der Waals surface area (Å²) in [5.41, 5.74) is 0.699. The van der Waals surface area contributed by atoms with Gasteiger partial charge in [0.25, 0.3) is 5.91 Å². The maximum atomic E-state index is 13.7. The highest BCUT2D eigenvalue weighted by atomic mass is 16.5. The number of amides is 2. The van der Waals surface area contributed by atoms with Crippen molar-refractivity contribution in [1.82, 2.24) is 25.7 Å². The molecule has 0 bridgehead atoms. The molecule has 2 aromatic rings. The molecule has 1 fully saturated rings. The normalized spacial score (nSPS) is 16.3. The van der Waals surface area contributed by atoms with Crippen LogP contribution in [0.5, 0.6) is 0 Å². The van der Waals surface area contributed by atoms with Gasteiger partial charge < -0.3 is 20.7 Å². The van der Waals surface area contributed by atoms with Crippen molar-refractivity contribution in [3.05, 3.63) is 53.3 Å². The third kappa shape index (κ3) is 6.48. The standard InChI is InChI=1S/C26H37N5O4/c1-6-35-23(33)19(16-18-10-8-7-9-11-18)28-24(34)26(12-14-27-15-13-26)29-22(32)20-17-21(25(2,3)4)30-31(20)5/h7-11,17,19,27H,6,12-16H2,1-5H3,(H,28,34)(H,29,32). The molecule has 9 heteroatoms. The molecular formula is C26H37N5O4. The fourth-order valence-electron chi connectivity index (χ4n) is 4.17. The van der Waals surface area contributed by atoms with Crippen LogP contribution in [0.2, 0.25) is 0 Å². The smallest absolute Gasteiger partial charge is 0.328 e. The molecule has 2 heterocycles. The number of piperidine rings is 1. The van der Waals surface area contributed by atoms with E-state index in [1.54, 1.807) is 24.7 Å². The Morgan fingerprint density at radius 3 is 2.40 bits per heavy atom. The first kappa shape index (κ1) is 26.4. The lowest BCUT2D eigenvalue weighted by Gasteiger charge is -2.37. The number of aryl methyl sites for hydroxylation is 1. The fraction of sp³-hybridized carbons (Fsp3) is 0.538. The van der Waals surface area contributed by atoms with Crippen molar-refractivity contribution in [3.63, 3.8) is 0 Å². The van der Waals surface area contributed by atoms with E-state index in [2.05, 4.69) is 21.0 Å². The Balaban J connectivity index is 1.84. The average Bonchev–Trinajstić information content (AvgIpc) is 3.22. The minimum Gasteiger partial charge on any atom is -0.464 e.